The summed E-state index contributed by atoms with van der Waals surface area (Å²) in [4.78, 5) is 47.4. The Bertz CT molecular complexity index is 992. The first-order valence-corrected chi connectivity index (χ1v) is 9.96. The number of amides is 1. The first-order chi connectivity index (χ1) is 15.9. The van der Waals surface area contributed by atoms with E-state index in [4.69, 9.17) is 18.9 Å². The summed E-state index contributed by atoms with van der Waals surface area (Å²) in [7, 11) is 1.54. The van der Waals surface area contributed by atoms with E-state index >= 15 is 0 Å². The maximum Gasteiger partial charge on any atom is 0.410 e. The van der Waals surface area contributed by atoms with Gasteiger partial charge in [-0.3, -0.25) is 19.8 Å². The molecule has 174 valence electrons. The number of nitro benzene ring substituents is 1. The van der Waals surface area contributed by atoms with Crippen LogP contribution in [0.25, 0.3) is 0 Å². The number of carbonyl (C=O) groups is 3. The van der Waals surface area contributed by atoms with Crippen molar-refractivity contribution in [2.75, 3.05) is 13.7 Å². The van der Waals surface area contributed by atoms with Crippen LogP contribution in [0.15, 0.2) is 48.5 Å². The summed E-state index contributed by atoms with van der Waals surface area (Å²) >= 11 is 0. The average Bonchev–Trinajstić information content (AvgIpc) is 3.26. The van der Waals surface area contributed by atoms with Crippen molar-refractivity contribution in [1.29, 1.82) is 0 Å². The summed E-state index contributed by atoms with van der Waals surface area (Å²) < 4.78 is 20.6. The van der Waals surface area contributed by atoms with Crippen molar-refractivity contribution in [2.45, 2.75) is 31.8 Å². The molecule has 2 atom stereocenters. The van der Waals surface area contributed by atoms with Gasteiger partial charge in [0.2, 0.25) is 0 Å². The van der Waals surface area contributed by atoms with Gasteiger partial charge in [-0.2, -0.15) is 0 Å². The Morgan fingerprint density at radius 3 is 2.24 bits per heavy atom. The zero-order valence-corrected chi connectivity index (χ0v) is 17.7. The van der Waals surface area contributed by atoms with Crippen LogP contribution in [0.1, 0.15) is 17.5 Å². The fraction of sp³-hybridized carbons (Fsp3) is 0.318. The monoisotopic (exact) mass is 458 g/mol. The van der Waals surface area contributed by atoms with Gasteiger partial charge in [-0.05, 0) is 35.4 Å². The van der Waals surface area contributed by atoms with Gasteiger partial charge in [0, 0.05) is 18.6 Å². The molecule has 2 aromatic carbocycles. The number of esters is 1. The van der Waals surface area contributed by atoms with Crippen molar-refractivity contribution in [2.24, 2.45) is 0 Å². The summed E-state index contributed by atoms with van der Waals surface area (Å²) in [5.74, 6) is 0.00627. The van der Waals surface area contributed by atoms with Crippen LogP contribution in [-0.4, -0.2) is 54.2 Å². The first-order valence-electron chi connectivity index (χ1n) is 9.96. The molecule has 11 nitrogen and oxygen atoms in total. The number of carbonyl (C=O) groups excluding carboxylic acids is 3. The number of nitro groups is 1. The molecule has 0 aromatic heterocycles. The van der Waals surface area contributed by atoms with Gasteiger partial charge in [-0.25, -0.2) is 9.59 Å². The second kappa shape index (κ2) is 10.9. The predicted octanol–water partition coefficient (Wildman–Crippen LogP) is 2.60. The topological polar surface area (TPSA) is 135 Å². The number of ether oxygens (including phenoxy) is 4. The van der Waals surface area contributed by atoms with Gasteiger partial charge in [0.1, 0.15) is 31.1 Å². The highest BCUT2D eigenvalue weighted by Crippen LogP contribution is 2.23. The Morgan fingerprint density at radius 1 is 1.06 bits per heavy atom. The van der Waals surface area contributed by atoms with E-state index in [-0.39, 0.29) is 38.3 Å². The molecule has 1 aliphatic heterocycles. The van der Waals surface area contributed by atoms with E-state index in [1.165, 1.54) is 24.3 Å². The third kappa shape index (κ3) is 6.19. The fourth-order valence-electron chi connectivity index (χ4n) is 3.31. The normalized spacial score (nSPS) is 17.2. The number of nitrogens with zero attached hydrogens (tertiary/aromatic N) is 2. The molecule has 2 aromatic rings. The van der Waals surface area contributed by atoms with Crippen molar-refractivity contribution < 1.29 is 38.3 Å². The zero-order valence-electron chi connectivity index (χ0n) is 17.7. The number of rotatable bonds is 9. The smallest absolute Gasteiger partial charge is 0.410 e. The maximum atomic E-state index is 12.7. The zero-order chi connectivity index (χ0) is 23.8. The van der Waals surface area contributed by atoms with E-state index in [1.807, 2.05) is 0 Å². The predicted molar refractivity (Wildman–Crippen MR) is 112 cm³/mol. The van der Waals surface area contributed by atoms with Gasteiger partial charge in [0.05, 0.1) is 18.6 Å². The second-order valence-corrected chi connectivity index (χ2v) is 7.19. The van der Waals surface area contributed by atoms with E-state index in [0.717, 1.165) is 10.5 Å². The van der Waals surface area contributed by atoms with E-state index in [1.54, 1.807) is 31.4 Å². The molecule has 0 bridgehead atoms. The molecule has 1 unspecified atom stereocenters. The van der Waals surface area contributed by atoms with Gasteiger partial charge < -0.3 is 18.9 Å². The summed E-state index contributed by atoms with van der Waals surface area (Å²) in [6.45, 7) is 0.0701. The van der Waals surface area contributed by atoms with Crippen LogP contribution in [0.5, 0.6) is 5.75 Å². The van der Waals surface area contributed by atoms with Crippen molar-refractivity contribution in [3.05, 3.63) is 69.8 Å². The Hall–Kier alpha value is -4.15. The second-order valence-electron chi connectivity index (χ2n) is 7.19. The maximum absolute atomic E-state index is 12.7. The molecule has 0 spiro atoms. The van der Waals surface area contributed by atoms with Crippen LogP contribution >= 0.6 is 0 Å². The Kier molecular flexibility index (Phi) is 7.79. The quantitative estimate of drug-likeness (QED) is 0.183. The standard InChI is InChI=1S/C22H22N2O9/c1-30-18-8-4-16(5-9-18)12-31-21(26)20-10-19(33-14-25)11-23(20)22(27)32-13-15-2-6-17(7-3-15)24(28)29/h2-9,14,19-20H,10-13H2,1H3/t19?,20-/m0/s1. The van der Waals surface area contributed by atoms with E-state index in [9.17, 15) is 24.5 Å². The molecule has 0 aliphatic carbocycles. The van der Waals surface area contributed by atoms with Crippen LogP contribution in [0.4, 0.5) is 10.5 Å². The van der Waals surface area contributed by atoms with E-state index in [2.05, 4.69) is 0 Å². The lowest BCUT2D eigenvalue weighted by molar-refractivity contribution is -0.384. The lowest BCUT2D eigenvalue weighted by Gasteiger charge is -2.22. The minimum Gasteiger partial charge on any atom is -0.497 e. The molecule has 11 heteroatoms. The third-order valence-electron chi connectivity index (χ3n) is 5.07. The van der Waals surface area contributed by atoms with Gasteiger partial charge in [-0.15, -0.1) is 0 Å². The number of likely N-dealkylation sites (tertiary alicyclic amines) is 1. The average molecular weight is 458 g/mol. The summed E-state index contributed by atoms with van der Waals surface area (Å²) in [5, 5.41) is 10.7. The fourth-order valence-corrected chi connectivity index (χ4v) is 3.31. The lowest BCUT2D eigenvalue weighted by atomic mass is 10.2. The molecular formula is C22H22N2O9. The molecular weight excluding hydrogens is 436 g/mol. The number of benzene rings is 2. The summed E-state index contributed by atoms with van der Waals surface area (Å²) in [6.07, 6.45) is -1.39. The number of hydrogen-bond acceptors (Lipinski definition) is 9. The summed E-state index contributed by atoms with van der Waals surface area (Å²) in [5.41, 5.74) is 1.18. The van der Waals surface area contributed by atoms with Crippen LogP contribution in [0.3, 0.4) is 0 Å². The highest BCUT2D eigenvalue weighted by Gasteiger charge is 2.42. The molecule has 1 amide bonds. The summed E-state index contributed by atoms with van der Waals surface area (Å²) in [6, 6.07) is 11.5. The molecule has 0 N–H and O–H groups in total. The third-order valence-corrected chi connectivity index (χ3v) is 5.07. The Labute approximate surface area is 188 Å². The van der Waals surface area contributed by atoms with Crippen molar-refractivity contribution in [3.8, 4) is 5.75 Å². The largest absolute Gasteiger partial charge is 0.497 e. The van der Waals surface area contributed by atoms with Crippen LogP contribution < -0.4 is 4.74 Å². The number of non-ortho nitro benzene ring substituents is 1. The van der Waals surface area contributed by atoms with Crippen LogP contribution in [0.2, 0.25) is 0 Å². The van der Waals surface area contributed by atoms with E-state index in [0.29, 0.717) is 11.3 Å². The van der Waals surface area contributed by atoms with Gasteiger partial charge in [0.15, 0.2) is 0 Å². The Balaban J connectivity index is 1.60. The van der Waals surface area contributed by atoms with Gasteiger partial charge >= 0.3 is 12.1 Å². The van der Waals surface area contributed by atoms with Crippen LogP contribution in [0, 0.1) is 10.1 Å². The van der Waals surface area contributed by atoms with Crippen molar-refractivity contribution >= 4 is 24.2 Å². The van der Waals surface area contributed by atoms with Crippen LogP contribution in [-0.2, 0) is 37.0 Å². The van der Waals surface area contributed by atoms with E-state index < -0.39 is 29.1 Å². The first kappa shape index (κ1) is 23.5. The van der Waals surface area contributed by atoms with Gasteiger partial charge in [0.25, 0.3) is 12.2 Å². The lowest BCUT2D eigenvalue weighted by Crippen LogP contribution is -2.41. The Morgan fingerprint density at radius 2 is 1.67 bits per heavy atom. The highest BCUT2D eigenvalue weighted by molar-refractivity contribution is 5.82. The number of methoxy groups -OCH3 is 1. The molecule has 1 fully saturated rings. The minimum absolute atomic E-state index is 0.00971. The molecule has 1 heterocycles. The highest BCUT2D eigenvalue weighted by atomic mass is 16.6. The molecule has 1 aliphatic rings. The molecule has 0 saturated carbocycles. The molecule has 3 rings (SSSR count). The van der Waals surface area contributed by atoms with Gasteiger partial charge in [-0.1, -0.05) is 12.1 Å². The van der Waals surface area contributed by atoms with Crippen molar-refractivity contribution in [1.82, 2.24) is 4.90 Å². The van der Waals surface area contributed by atoms with Crippen molar-refractivity contribution in [3.63, 3.8) is 0 Å². The minimum atomic E-state index is -0.988. The molecule has 1 saturated heterocycles. The molecule has 0 radical (unpaired) electrons. The molecule has 33 heavy (non-hydrogen) atoms. The number of hydrogen-bond donors (Lipinski definition) is 0. The SMILES string of the molecule is COc1ccc(COC(=O)[C@@H]2CC(OC=O)CN2C(=O)OCc2ccc([N+](=O)[O-])cc2)cc1.